The molecule has 0 aromatic carbocycles. The molecule has 0 heterocycles. The molecule has 0 aliphatic rings. The molecule has 0 radical (unpaired) electrons. The average molecular weight is 212 g/mol. The lowest BCUT2D eigenvalue weighted by Gasteiger charge is -2.02. The molecule has 0 aromatic rings. The number of rotatable bonds is 8. The van der Waals surface area contributed by atoms with Crippen molar-refractivity contribution >= 4 is 10.1 Å². The van der Waals surface area contributed by atoms with Crippen LogP contribution in [0, 0.1) is 0 Å². The quantitative estimate of drug-likeness (QED) is 0.330. The zero-order valence-corrected chi connectivity index (χ0v) is 8.80. The highest BCUT2D eigenvalue weighted by Crippen LogP contribution is 1.94. The summed E-state index contributed by atoms with van der Waals surface area (Å²) in [4.78, 5) is 0. The number of hydrogen-bond acceptors (Lipinski definition) is 5. The number of unbranched alkanes of at least 4 members (excludes halogenated alkanes) is 1. The predicted octanol–water partition coefficient (Wildman–Crippen LogP) is 0.363. The maximum Gasteiger partial charge on any atom is 0.264 e. The molecule has 0 unspecified atom stereocenters. The predicted molar refractivity (Wildman–Crippen MR) is 47.9 cm³/mol. The SMILES string of the molecule is COCOCCCCOS(C)(=O)=O. The monoisotopic (exact) mass is 212 g/mol. The first-order valence-corrected chi connectivity index (χ1v) is 5.79. The van der Waals surface area contributed by atoms with Gasteiger partial charge >= 0.3 is 0 Å². The summed E-state index contributed by atoms with van der Waals surface area (Å²) in [5, 5.41) is 0. The smallest absolute Gasteiger partial charge is 0.264 e. The van der Waals surface area contributed by atoms with Crippen LogP contribution in [0.2, 0.25) is 0 Å². The van der Waals surface area contributed by atoms with Crippen LogP contribution in [0.15, 0.2) is 0 Å². The Balaban J connectivity index is 3.09. The molecule has 6 heteroatoms. The van der Waals surface area contributed by atoms with Crippen molar-refractivity contribution in [1.29, 1.82) is 0 Å². The van der Waals surface area contributed by atoms with Crippen LogP contribution in [0.4, 0.5) is 0 Å². The first kappa shape index (κ1) is 12.8. The topological polar surface area (TPSA) is 61.8 Å². The van der Waals surface area contributed by atoms with E-state index in [0.29, 0.717) is 13.0 Å². The van der Waals surface area contributed by atoms with E-state index in [4.69, 9.17) is 4.74 Å². The van der Waals surface area contributed by atoms with Gasteiger partial charge in [-0.3, -0.25) is 4.18 Å². The highest BCUT2D eigenvalue weighted by atomic mass is 32.2. The second kappa shape index (κ2) is 7.25. The van der Waals surface area contributed by atoms with E-state index in [0.717, 1.165) is 12.7 Å². The largest absolute Gasteiger partial charge is 0.359 e. The van der Waals surface area contributed by atoms with E-state index >= 15 is 0 Å². The van der Waals surface area contributed by atoms with E-state index in [1.54, 1.807) is 7.11 Å². The maximum absolute atomic E-state index is 10.5. The van der Waals surface area contributed by atoms with E-state index < -0.39 is 10.1 Å². The van der Waals surface area contributed by atoms with Gasteiger partial charge in [0.25, 0.3) is 10.1 Å². The molecule has 0 amide bonds. The van der Waals surface area contributed by atoms with Crippen LogP contribution in [0.25, 0.3) is 0 Å². The third kappa shape index (κ3) is 11.8. The Bertz CT molecular complexity index is 199. The van der Waals surface area contributed by atoms with Crippen LogP contribution in [0.1, 0.15) is 12.8 Å². The third-order valence-corrected chi connectivity index (χ3v) is 1.78. The Hall–Kier alpha value is -0.170. The molecule has 0 rings (SSSR count). The van der Waals surface area contributed by atoms with Gasteiger partial charge in [0, 0.05) is 13.7 Å². The van der Waals surface area contributed by atoms with Gasteiger partial charge in [0.2, 0.25) is 0 Å². The van der Waals surface area contributed by atoms with Gasteiger partial charge in [0.05, 0.1) is 12.9 Å². The second-order valence-corrected chi connectivity index (χ2v) is 4.19. The zero-order chi connectivity index (χ0) is 10.2. The molecule has 0 N–H and O–H groups in total. The normalized spacial score (nSPS) is 11.8. The lowest BCUT2D eigenvalue weighted by atomic mass is 10.3. The van der Waals surface area contributed by atoms with Crippen LogP contribution >= 0.6 is 0 Å². The number of ether oxygens (including phenoxy) is 2. The summed E-state index contributed by atoms with van der Waals surface area (Å²) >= 11 is 0. The minimum absolute atomic E-state index is 0.217. The van der Waals surface area contributed by atoms with Crippen LogP contribution in [0.3, 0.4) is 0 Å². The molecule has 5 nitrogen and oxygen atoms in total. The minimum Gasteiger partial charge on any atom is -0.359 e. The first-order chi connectivity index (χ1) is 6.06. The summed E-state index contributed by atoms with van der Waals surface area (Å²) in [5.41, 5.74) is 0. The Labute approximate surface area is 79.1 Å². The van der Waals surface area contributed by atoms with Gasteiger partial charge in [0.15, 0.2) is 0 Å². The molecular formula is C7H16O5S. The molecule has 0 aliphatic heterocycles. The molecule has 0 saturated heterocycles. The van der Waals surface area contributed by atoms with Gasteiger partial charge in [-0.2, -0.15) is 8.42 Å². The summed E-state index contributed by atoms with van der Waals surface area (Å²) in [7, 11) is -1.74. The van der Waals surface area contributed by atoms with Gasteiger partial charge in [-0.1, -0.05) is 0 Å². The number of methoxy groups -OCH3 is 1. The minimum atomic E-state index is -3.29. The third-order valence-electron chi connectivity index (χ3n) is 1.18. The van der Waals surface area contributed by atoms with E-state index in [1.807, 2.05) is 0 Å². The van der Waals surface area contributed by atoms with Crippen molar-refractivity contribution < 1.29 is 22.1 Å². The second-order valence-electron chi connectivity index (χ2n) is 2.55. The molecule has 0 saturated carbocycles. The van der Waals surface area contributed by atoms with Crippen molar-refractivity contribution in [3.05, 3.63) is 0 Å². The van der Waals surface area contributed by atoms with E-state index in [1.165, 1.54) is 0 Å². The average Bonchev–Trinajstić information content (AvgIpc) is 2.01. The Kier molecular flexibility index (Phi) is 7.16. The summed E-state index contributed by atoms with van der Waals surface area (Å²) < 4.78 is 35.1. The summed E-state index contributed by atoms with van der Waals surface area (Å²) in [6.07, 6.45) is 2.46. The van der Waals surface area contributed by atoms with Crippen LogP contribution < -0.4 is 0 Å². The molecule has 0 aliphatic carbocycles. The highest BCUT2D eigenvalue weighted by molar-refractivity contribution is 7.85. The van der Waals surface area contributed by atoms with Gasteiger partial charge in [-0.25, -0.2) is 0 Å². The van der Waals surface area contributed by atoms with E-state index in [2.05, 4.69) is 8.92 Å². The van der Waals surface area contributed by atoms with E-state index in [-0.39, 0.29) is 13.4 Å². The van der Waals surface area contributed by atoms with Crippen molar-refractivity contribution in [2.24, 2.45) is 0 Å². The molecule has 13 heavy (non-hydrogen) atoms. The maximum atomic E-state index is 10.5. The molecule has 80 valence electrons. The number of hydrogen-bond donors (Lipinski definition) is 0. The molecule has 0 spiro atoms. The summed E-state index contributed by atoms with van der Waals surface area (Å²) in [6, 6.07) is 0. The summed E-state index contributed by atoms with van der Waals surface area (Å²) in [5.74, 6) is 0. The van der Waals surface area contributed by atoms with Crippen molar-refractivity contribution in [2.75, 3.05) is 33.4 Å². The van der Waals surface area contributed by atoms with Crippen molar-refractivity contribution in [3.8, 4) is 0 Å². The fraction of sp³-hybridized carbons (Fsp3) is 1.00. The fourth-order valence-corrected chi connectivity index (χ4v) is 1.08. The van der Waals surface area contributed by atoms with E-state index in [9.17, 15) is 8.42 Å². The highest BCUT2D eigenvalue weighted by Gasteiger charge is 1.99. The zero-order valence-electron chi connectivity index (χ0n) is 7.99. The lowest BCUT2D eigenvalue weighted by Crippen LogP contribution is -2.05. The van der Waals surface area contributed by atoms with Crippen LogP contribution in [0.5, 0.6) is 0 Å². The molecular weight excluding hydrogens is 196 g/mol. The lowest BCUT2D eigenvalue weighted by molar-refractivity contribution is -0.0319. The van der Waals surface area contributed by atoms with Gasteiger partial charge in [-0.15, -0.1) is 0 Å². The van der Waals surface area contributed by atoms with Gasteiger partial charge in [0.1, 0.15) is 6.79 Å². The Morgan fingerprint density at radius 1 is 1.15 bits per heavy atom. The Morgan fingerprint density at radius 2 is 1.77 bits per heavy atom. The van der Waals surface area contributed by atoms with Gasteiger partial charge in [-0.05, 0) is 12.8 Å². The Morgan fingerprint density at radius 3 is 2.31 bits per heavy atom. The summed E-state index contributed by atoms with van der Waals surface area (Å²) in [6.45, 7) is 1.04. The molecule has 0 aromatic heterocycles. The molecule has 0 bridgehead atoms. The van der Waals surface area contributed by atoms with Crippen molar-refractivity contribution in [3.63, 3.8) is 0 Å². The van der Waals surface area contributed by atoms with Crippen molar-refractivity contribution in [1.82, 2.24) is 0 Å². The standard InChI is InChI=1S/C7H16O5S/c1-10-7-11-5-3-4-6-12-13(2,8)9/h3-7H2,1-2H3. The molecule has 0 atom stereocenters. The fourth-order valence-electron chi connectivity index (χ4n) is 0.659. The first-order valence-electron chi connectivity index (χ1n) is 3.97. The van der Waals surface area contributed by atoms with Crippen molar-refractivity contribution in [2.45, 2.75) is 12.8 Å². The van der Waals surface area contributed by atoms with Gasteiger partial charge < -0.3 is 9.47 Å². The van der Waals surface area contributed by atoms with Crippen LogP contribution in [-0.4, -0.2) is 41.8 Å². The van der Waals surface area contributed by atoms with Crippen LogP contribution in [-0.2, 0) is 23.8 Å². The molecule has 0 fully saturated rings.